The monoisotopic (exact) mass is 310 g/mol. The van der Waals surface area contributed by atoms with E-state index in [9.17, 15) is 13.6 Å². The second-order valence-corrected chi connectivity index (χ2v) is 6.72. The average molecular weight is 310 g/mol. The number of rotatable bonds is 11. The van der Waals surface area contributed by atoms with Gasteiger partial charge in [-0.15, -0.1) is 11.8 Å². The van der Waals surface area contributed by atoms with Crippen LogP contribution in [0.25, 0.3) is 0 Å². The van der Waals surface area contributed by atoms with Gasteiger partial charge in [-0.05, 0) is 37.9 Å². The number of thioether (sulfide) groups is 1. The van der Waals surface area contributed by atoms with Crippen LogP contribution in [-0.4, -0.2) is 29.5 Å². The molecule has 0 amide bonds. The lowest BCUT2D eigenvalue weighted by atomic mass is 10.1. The number of unbranched alkanes of at least 4 members (excludes halogenated alkanes) is 1. The number of ether oxygens (including phenoxy) is 1. The Balaban J connectivity index is 3.99. The molecule has 0 bridgehead atoms. The summed E-state index contributed by atoms with van der Waals surface area (Å²) in [5, 5.41) is -0.165. The Bertz CT molecular complexity index is 271. The van der Waals surface area contributed by atoms with E-state index in [1.807, 2.05) is 0 Å². The van der Waals surface area contributed by atoms with Crippen LogP contribution in [0, 0.1) is 5.92 Å². The number of carbonyl (C=O) groups excluding carboxylic acids is 1. The third-order valence-electron chi connectivity index (χ3n) is 3.01. The van der Waals surface area contributed by atoms with E-state index in [4.69, 9.17) is 4.74 Å². The topological polar surface area (TPSA) is 26.3 Å². The zero-order valence-corrected chi connectivity index (χ0v) is 13.9. The van der Waals surface area contributed by atoms with Crippen LogP contribution in [0.3, 0.4) is 0 Å². The summed E-state index contributed by atoms with van der Waals surface area (Å²) in [5.41, 5.74) is 0. The van der Waals surface area contributed by atoms with Crippen LogP contribution in [0.15, 0.2) is 0 Å². The molecule has 0 radical (unpaired) electrons. The number of halogens is 2. The Hall–Kier alpha value is -0.320. The third kappa shape index (κ3) is 9.56. The van der Waals surface area contributed by atoms with Gasteiger partial charge in [0.25, 0.3) is 0 Å². The summed E-state index contributed by atoms with van der Waals surface area (Å²) in [7, 11) is 0. The van der Waals surface area contributed by atoms with Crippen molar-refractivity contribution in [3.8, 4) is 0 Å². The first-order valence-corrected chi connectivity index (χ1v) is 8.53. The summed E-state index contributed by atoms with van der Waals surface area (Å²) < 4.78 is 31.2. The molecule has 0 heterocycles. The van der Waals surface area contributed by atoms with Gasteiger partial charge < -0.3 is 4.74 Å². The van der Waals surface area contributed by atoms with Crippen LogP contribution in [0.5, 0.6) is 0 Å². The highest BCUT2D eigenvalue weighted by molar-refractivity contribution is 8.00. The van der Waals surface area contributed by atoms with Gasteiger partial charge in [0.1, 0.15) is 5.25 Å². The third-order valence-corrected chi connectivity index (χ3v) is 4.32. The normalized spacial score (nSPS) is 13.6. The van der Waals surface area contributed by atoms with Gasteiger partial charge in [-0.1, -0.05) is 20.8 Å². The van der Waals surface area contributed by atoms with E-state index in [0.717, 1.165) is 12.2 Å². The van der Waals surface area contributed by atoms with Crippen LogP contribution in [0.2, 0.25) is 0 Å². The first-order valence-electron chi connectivity index (χ1n) is 7.48. The SMILES string of the molecule is CCOC(=O)C(CC(C)C)SCCCCC(F)(F)CC. The fraction of sp³-hybridized carbons (Fsp3) is 0.933. The number of alkyl halides is 2. The van der Waals surface area contributed by atoms with Gasteiger partial charge in [0, 0.05) is 12.8 Å². The predicted molar refractivity (Wildman–Crippen MR) is 81.4 cm³/mol. The van der Waals surface area contributed by atoms with Gasteiger partial charge in [0.2, 0.25) is 5.92 Å². The van der Waals surface area contributed by atoms with Crippen molar-refractivity contribution in [3.05, 3.63) is 0 Å². The molecule has 0 aromatic heterocycles. The fourth-order valence-electron chi connectivity index (χ4n) is 1.78. The Morgan fingerprint density at radius 2 is 1.90 bits per heavy atom. The minimum atomic E-state index is -2.54. The van der Waals surface area contributed by atoms with Crippen molar-refractivity contribution in [3.63, 3.8) is 0 Å². The molecule has 5 heteroatoms. The Morgan fingerprint density at radius 1 is 1.25 bits per heavy atom. The fourth-order valence-corrected chi connectivity index (χ4v) is 3.16. The van der Waals surface area contributed by atoms with Crippen LogP contribution >= 0.6 is 11.8 Å². The standard InChI is InChI=1S/C15H28F2O2S/c1-5-15(16,17)9-7-8-10-20-13(11-12(3)4)14(18)19-6-2/h12-13H,5-11H2,1-4H3. The molecule has 1 atom stereocenters. The largest absolute Gasteiger partial charge is 0.465 e. The number of hydrogen-bond acceptors (Lipinski definition) is 3. The van der Waals surface area contributed by atoms with Gasteiger partial charge in [-0.2, -0.15) is 0 Å². The number of carbonyl (C=O) groups is 1. The van der Waals surface area contributed by atoms with Crippen molar-refractivity contribution in [2.45, 2.75) is 71.0 Å². The minimum Gasteiger partial charge on any atom is -0.465 e. The minimum absolute atomic E-state index is 0.0572. The second kappa shape index (κ2) is 10.4. The molecule has 0 N–H and O–H groups in total. The zero-order valence-electron chi connectivity index (χ0n) is 13.1. The van der Waals surface area contributed by atoms with Gasteiger partial charge in [0.15, 0.2) is 0 Å². The molecule has 0 aromatic rings. The Kier molecular flexibility index (Phi) is 10.2. The summed E-state index contributed by atoms with van der Waals surface area (Å²) in [6, 6.07) is 0. The summed E-state index contributed by atoms with van der Waals surface area (Å²) in [6.07, 6.45) is 1.84. The van der Waals surface area contributed by atoms with E-state index in [-0.39, 0.29) is 24.1 Å². The zero-order chi connectivity index (χ0) is 15.6. The molecular formula is C15H28F2O2S. The van der Waals surface area contributed by atoms with Gasteiger partial charge in [0.05, 0.1) is 6.61 Å². The number of esters is 1. The van der Waals surface area contributed by atoms with E-state index >= 15 is 0 Å². The van der Waals surface area contributed by atoms with Crippen LogP contribution in [0.4, 0.5) is 8.78 Å². The average Bonchev–Trinajstić information content (AvgIpc) is 2.36. The molecule has 20 heavy (non-hydrogen) atoms. The molecule has 0 aromatic carbocycles. The molecule has 0 rings (SSSR count). The smallest absolute Gasteiger partial charge is 0.319 e. The maximum absolute atomic E-state index is 13.1. The molecule has 120 valence electrons. The van der Waals surface area contributed by atoms with E-state index in [0.29, 0.717) is 25.4 Å². The molecule has 0 aliphatic rings. The molecule has 2 nitrogen and oxygen atoms in total. The van der Waals surface area contributed by atoms with Gasteiger partial charge >= 0.3 is 5.97 Å². The molecule has 0 saturated heterocycles. The van der Waals surface area contributed by atoms with Crippen molar-refractivity contribution in [1.29, 1.82) is 0 Å². The molecule has 0 spiro atoms. The van der Waals surface area contributed by atoms with E-state index in [1.54, 1.807) is 6.92 Å². The highest BCUT2D eigenvalue weighted by Gasteiger charge is 2.25. The van der Waals surface area contributed by atoms with E-state index < -0.39 is 5.92 Å². The molecule has 0 aliphatic carbocycles. The molecular weight excluding hydrogens is 282 g/mol. The Morgan fingerprint density at radius 3 is 2.40 bits per heavy atom. The maximum atomic E-state index is 13.1. The van der Waals surface area contributed by atoms with Crippen molar-refractivity contribution in [1.82, 2.24) is 0 Å². The first kappa shape index (κ1) is 19.7. The lowest BCUT2D eigenvalue weighted by Gasteiger charge is -2.17. The summed E-state index contributed by atoms with van der Waals surface area (Å²) in [5.74, 6) is -1.56. The number of hydrogen-bond donors (Lipinski definition) is 0. The van der Waals surface area contributed by atoms with Crippen LogP contribution < -0.4 is 0 Å². The summed E-state index contributed by atoms with van der Waals surface area (Å²) in [6.45, 7) is 7.82. The van der Waals surface area contributed by atoms with Crippen molar-refractivity contribution < 1.29 is 18.3 Å². The highest BCUT2D eigenvalue weighted by atomic mass is 32.2. The molecule has 0 fully saturated rings. The van der Waals surface area contributed by atoms with Gasteiger partial charge in [-0.3, -0.25) is 4.79 Å². The van der Waals surface area contributed by atoms with Crippen LogP contribution in [0.1, 0.15) is 59.8 Å². The highest BCUT2D eigenvalue weighted by Crippen LogP contribution is 2.26. The van der Waals surface area contributed by atoms with E-state index in [2.05, 4.69) is 13.8 Å². The Labute approximate surface area is 126 Å². The molecule has 1 unspecified atom stereocenters. The lowest BCUT2D eigenvalue weighted by molar-refractivity contribution is -0.142. The molecule has 0 aliphatic heterocycles. The maximum Gasteiger partial charge on any atom is 0.319 e. The van der Waals surface area contributed by atoms with Crippen molar-refractivity contribution in [2.24, 2.45) is 5.92 Å². The quantitative estimate of drug-likeness (QED) is 0.400. The van der Waals surface area contributed by atoms with Crippen molar-refractivity contribution in [2.75, 3.05) is 12.4 Å². The molecule has 0 saturated carbocycles. The summed E-state index contributed by atoms with van der Waals surface area (Å²) in [4.78, 5) is 11.8. The van der Waals surface area contributed by atoms with E-state index in [1.165, 1.54) is 18.7 Å². The summed E-state index contributed by atoms with van der Waals surface area (Å²) >= 11 is 1.54. The van der Waals surface area contributed by atoms with Crippen molar-refractivity contribution >= 4 is 17.7 Å². The van der Waals surface area contributed by atoms with Crippen LogP contribution in [-0.2, 0) is 9.53 Å². The first-order chi connectivity index (χ1) is 9.32. The lowest BCUT2D eigenvalue weighted by Crippen LogP contribution is -2.22. The second-order valence-electron chi connectivity index (χ2n) is 5.41. The van der Waals surface area contributed by atoms with Gasteiger partial charge in [-0.25, -0.2) is 8.78 Å². The predicted octanol–water partition coefficient (Wildman–Crippen LogP) is 4.91.